The summed E-state index contributed by atoms with van der Waals surface area (Å²) in [6.07, 6.45) is -1.62. The number of benzene rings is 2. The van der Waals surface area contributed by atoms with Gasteiger partial charge in [-0.2, -0.15) is 13.2 Å². The van der Waals surface area contributed by atoms with Gasteiger partial charge in [0.2, 0.25) is 15.9 Å². The SMILES string of the molecule is O=S(=O)(NC1CCC(Oc2ccc(C(F)(F)F)cn2)CC1)c1ccc2ccccc2c1. The maximum Gasteiger partial charge on any atom is 0.417 e. The summed E-state index contributed by atoms with van der Waals surface area (Å²) >= 11 is 0. The van der Waals surface area contributed by atoms with E-state index in [4.69, 9.17) is 4.74 Å². The first-order chi connectivity index (χ1) is 14.7. The van der Waals surface area contributed by atoms with Crippen molar-refractivity contribution in [3.8, 4) is 5.88 Å². The zero-order valence-corrected chi connectivity index (χ0v) is 17.3. The lowest BCUT2D eigenvalue weighted by molar-refractivity contribution is -0.137. The summed E-state index contributed by atoms with van der Waals surface area (Å²) in [7, 11) is -3.66. The zero-order valence-electron chi connectivity index (χ0n) is 16.5. The van der Waals surface area contributed by atoms with Crippen molar-refractivity contribution < 1.29 is 26.3 Å². The molecule has 0 aliphatic heterocycles. The molecule has 31 heavy (non-hydrogen) atoms. The van der Waals surface area contributed by atoms with Crippen molar-refractivity contribution in [1.82, 2.24) is 9.71 Å². The van der Waals surface area contributed by atoms with Crippen LogP contribution in [-0.2, 0) is 16.2 Å². The van der Waals surface area contributed by atoms with E-state index in [0.717, 1.165) is 23.0 Å². The van der Waals surface area contributed by atoms with Gasteiger partial charge in [0.25, 0.3) is 0 Å². The number of fused-ring (bicyclic) bond motifs is 1. The van der Waals surface area contributed by atoms with Crippen molar-refractivity contribution in [1.29, 1.82) is 0 Å². The van der Waals surface area contributed by atoms with Gasteiger partial charge in [0, 0.05) is 18.3 Å². The van der Waals surface area contributed by atoms with Crippen LogP contribution in [0, 0.1) is 0 Å². The van der Waals surface area contributed by atoms with Gasteiger partial charge in [-0.05, 0) is 54.7 Å². The largest absolute Gasteiger partial charge is 0.474 e. The van der Waals surface area contributed by atoms with Gasteiger partial charge in [-0.1, -0.05) is 30.3 Å². The smallest absolute Gasteiger partial charge is 0.417 e. The monoisotopic (exact) mass is 450 g/mol. The molecule has 3 aromatic rings. The fraction of sp³-hybridized carbons (Fsp3) is 0.318. The third-order valence-corrected chi connectivity index (χ3v) is 6.90. The number of aromatic nitrogens is 1. The van der Waals surface area contributed by atoms with Crippen molar-refractivity contribution in [2.24, 2.45) is 0 Å². The Morgan fingerprint density at radius 1 is 0.935 bits per heavy atom. The first-order valence-corrected chi connectivity index (χ1v) is 11.4. The highest BCUT2D eigenvalue weighted by Crippen LogP contribution is 2.30. The highest BCUT2D eigenvalue weighted by Gasteiger charge is 2.31. The standard InChI is InChI=1S/C22H21F3N2O3S/c23-22(24,25)17-6-12-21(26-14-17)30-19-9-7-18(8-10-19)27-31(28,29)20-11-5-15-3-1-2-4-16(15)13-20/h1-6,11-14,18-19,27H,7-10H2. The van der Waals surface area contributed by atoms with Gasteiger partial charge in [0.15, 0.2) is 0 Å². The number of rotatable bonds is 5. The van der Waals surface area contributed by atoms with E-state index in [1.807, 2.05) is 24.3 Å². The molecule has 4 rings (SSSR count). The topological polar surface area (TPSA) is 68.3 Å². The zero-order chi connectivity index (χ0) is 22.1. The number of pyridine rings is 1. The molecule has 1 aliphatic rings. The van der Waals surface area contributed by atoms with Crippen LogP contribution in [0.4, 0.5) is 13.2 Å². The first kappa shape index (κ1) is 21.6. The van der Waals surface area contributed by atoms with Crippen molar-refractivity contribution in [2.75, 3.05) is 0 Å². The third-order valence-electron chi connectivity index (χ3n) is 5.38. The molecule has 1 aliphatic carbocycles. The molecule has 0 amide bonds. The van der Waals surface area contributed by atoms with E-state index in [1.54, 1.807) is 18.2 Å². The molecule has 1 saturated carbocycles. The Hall–Kier alpha value is -2.65. The number of hydrogen-bond acceptors (Lipinski definition) is 4. The molecule has 0 saturated heterocycles. The normalized spacial score (nSPS) is 20.0. The molecule has 0 bridgehead atoms. The number of halogens is 3. The number of ether oxygens (including phenoxy) is 1. The number of sulfonamides is 1. The summed E-state index contributed by atoms with van der Waals surface area (Å²) in [6.45, 7) is 0. The summed E-state index contributed by atoms with van der Waals surface area (Å²) < 4.78 is 71.9. The van der Waals surface area contributed by atoms with Gasteiger partial charge in [-0.15, -0.1) is 0 Å². The average molecular weight is 450 g/mol. The van der Waals surface area contributed by atoms with Gasteiger partial charge in [0.05, 0.1) is 10.5 Å². The molecular weight excluding hydrogens is 429 g/mol. The minimum Gasteiger partial charge on any atom is -0.474 e. The van der Waals surface area contributed by atoms with Crippen molar-refractivity contribution in [2.45, 2.75) is 48.9 Å². The number of hydrogen-bond donors (Lipinski definition) is 1. The minimum atomic E-state index is -4.44. The lowest BCUT2D eigenvalue weighted by Gasteiger charge is -2.29. The van der Waals surface area contributed by atoms with Crippen LogP contribution in [0.3, 0.4) is 0 Å². The average Bonchev–Trinajstić information content (AvgIpc) is 2.74. The van der Waals surface area contributed by atoms with Gasteiger partial charge in [-0.3, -0.25) is 0 Å². The molecule has 0 spiro atoms. The van der Waals surface area contributed by atoms with Gasteiger partial charge < -0.3 is 4.74 Å². The summed E-state index contributed by atoms with van der Waals surface area (Å²) in [6, 6.07) is 14.5. The quantitative estimate of drug-likeness (QED) is 0.599. The Balaban J connectivity index is 1.34. The number of alkyl halides is 3. The fourth-order valence-corrected chi connectivity index (χ4v) is 5.05. The second-order valence-electron chi connectivity index (χ2n) is 7.60. The van der Waals surface area contributed by atoms with E-state index < -0.39 is 21.8 Å². The van der Waals surface area contributed by atoms with Crippen LogP contribution < -0.4 is 9.46 Å². The van der Waals surface area contributed by atoms with Crippen molar-refractivity contribution in [3.05, 3.63) is 66.4 Å². The maximum atomic E-state index is 12.8. The molecule has 2 aromatic carbocycles. The lowest BCUT2D eigenvalue weighted by atomic mass is 9.94. The maximum absolute atomic E-state index is 12.8. The van der Waals surface area contributed by atoms with E-state index in [1.165, 1.54) is 6.07 Å². The lowest BCUT2D eigenvalue weighted by Crippen LogP contribution is -2.39. The van der Waals surface area contributed by atoms with E-state index in [0.29, 0.717) is 25.7 Å². The molecule has 164 valence electrons. The number of nitrogens with zero attached hydrogens (tertiary/aromatic N) is 1. The summed E-state index contributed by atoms with van der Waals surface area (Å²) in [4.78, 5) is 3.95. The first-order valence-electron chi connectivity index (χ1n) is 9.92. The molecule has 9 heteroatoms. The predicted molar refractivity (Wildman–Crippen MR) is 110 cm³/mol. The minimum absolute atomic E-state index is 0.133. The van der Waals surface area contributed by atoms with Crippen LogP contribution in [0.15, 0.2) is 65.7 Å². The van der Waals surface area contributed by atoms with Crippen LogP contribution in [0.2, 0.25) is 0 Å². The van der Waals surface area contributed by atoms with Crippen LogP contribution in [0.25, 0.3) is 10.8 Å². The second kappa shape index (κ2) is 8.47. The van der Waals surface area contributed by atoms with Crippen molar-refractivity contribution in [3.63, 3.8) is 0 Å². The number of nitrogens with one attached hydrogen (secondary N) is 1. The predicted octanol–water partition coefficient (Wildman–Crippen LogP) is 4.92. The molecule has 0 radical (unpaired) electrons. The van der Waals surface area contributed by atoms with E-state index in [9.17, 15) is 21.6 Å². The Morgan fingerprint density at radius 2 is 1.65 bits per heavy atom. The Morgan fingerprint density at radius 3 is 2.29 bits per heavy atom. The van der Waals surface area contributed by atoms with E-state index >= 15 is 0 Å². The Bertz CT molecular complexity index is 1160. The second-order valence-corrected chi connectivity index (χ2v) is 9.32. The highest BCUT2D eigenvalue weighted by atomic mass is 32.2. The molecule has 0 atom stereocenters. The fourth-order valence-electron chi connectivity index (χ4n) is 3.71. The van der Waals surface area contributed by atoms with E-state index in [-0.39, 0.29) is 22.9 Å². The van der Waals surface area contributed by atoms with Gasteiger partial charge >= 0.3 is 6.18 Å². The van der Waals surface area contributed by atoms with Crippen LogP contribution in [-0.4, -0.2) is 25.5 Å². The summed E-state index contributed by atoms with van der Waals surface area (Å²) in [5, 5.41) is 1.82. The highest BCUT2D eigenvalue weighted by molar-refractivity contribution is 7.89. The van der Waals surface area contributed by atoms with Crippen LogP contribution in [0.1, 0.15) is 31.2 Å². The summed E-state index contributed by atoms with van der Waals surface area (Å²) in [5.41, 5.74) is -0.827. The van der Waals surface area contributed by atoms with E-state index in [2.05, 4.69) is 9.71 Å². The van der Waals surface area contributed by atoms with Crippen LogP contribution in [0.5, 0.6) is 5.88 Å². The molecular formula is C22H21F3N2O3S. The van der Waals surface area contributed by atoms with Gasteiger partial charge in [-0.25, -0.2) is 18.1 Å². The van der Waals surface area contributed by atoms with Gasteiger partial charge in [0.1, 0.15) is 6.10 Å². The molecule has 1 N–H and O–H groups in total. The molecule has 0 unspecified atom stereocenters. The molecule has 1 heterocycles. The summed E-state index contributed by atoms with van der Waals surface area (Å²) in [5.74, 6) is 0.133. The van der Waals surface area contributed by atoms with Crippen LogP contribution >= 0.6 is 0 Å². The third kappa shape index (κ3) is 5.16. The van der Waals surface area contributed by atoms with Crippen molar-refractivity contribution >= 4 is 20.8 Å². The molecule has 1 aromatic heterocycles. The molecule has 5 nitrogen and oxygen atoms in total. The molecule has 1 fully saturated rings. The Labute approximate surface area is 178 Å². The Kier molecular flexibility index (Phi) is 5.90.